The maximum absolute atomic E-state index is 12.8. The minimum Gasteiger partial charge on any atom is -0.493 e. The Morgan fingerprint density at radius 1 is 0.972 bits per heavy atom. The predicted molar refractivity (Wildman–Crippen MR) is 131 cm³/mol. The molecule has 10 heteroatoms. The molecular formula is C26H28N6O4. The van der Waals surface area contributed by atoms with Crippen molar-refractivity contribution < 1.29 is 18.7 Å². The maximum Gasteiger partial charge on any atom is 0.289 e. The first kappa shape index (κ1) is 23.6. The summed E-state index contributed by atoms with van der Waals surface area (Å²) in [6, 6.07) is 19.1. The Labute approximate surface area is 209 Å². The van der Waals surface area contributed by atoms with Gasteiger partial charge in [-0.05, 0) is 45.8 Å². The first-order valence-electron chi connectivity index (χ1n) is 11.8. The van der Waals surface area contributed by atoms with Gasteiger partial charge in [-0.1, -0.05) is 36.4 Å². The summed E-state index contributed by atoms with van der Waals surface area (Å²) in [7, 11) is 3.24. The summed E-state index contributed by atoms with van der Waals surface area (Å²) in [4.78, 5) is 16.9. The van der Waals surface area contributed by atoms with E-state index < -0.39 is 0 Å². The van der Waals surface area contributed by atoms with E-state index in [0.717, 1.165) is 17.0 Å². The van der Waals surface area contributed by atoms with Crippen molar-refractivity contribution in [3.63, 3.8) is 0 Å². The van der Waals surface area contributed by atoms with Gasteiger partial charge in [-0.3, -0.25) is 9.69 Å². The average molecular weight is 489 g/mol. The van der Waals surface area contributed by atoms with Crippen molar-refractivity contribution in [1.82, 2.24) is 30.0 Å². The number of hydrogen-bond donors (Lipinski definition) is 0. The maximum atomic E-state index is 12.8. The molecule has 0 aliphatic carbocycles. The van der Waals surface area contributed by atoms with E-state index in [4.69, 9.17) is 13.9 Å². The van der Waals surface area contributed by atoms with Gasteiger partial charge in [0.2, 0.25) is 0 Å². The van der Waals surface area contributed by atoms with E-state index in [1.165, 1.54) is 6.26 Å². The van der Waals surface area contributed by atoms with Crippen molar-refractivity contribution in [1.29, 1.82) is 0 Å². The number of furan rings is 1. The molecule has 2 aromatic heterocycles. The summed E-state index contributed by atoms with van der Waals surface area (Å²) in [6.45, 7) is 2.95. The Balaban J connectivity index is 1.45. The molecule has 4 aromatic rings. The number of piperazine rings is 1. The Morgan fingerprint density at radius 2 is 1.75 bits per heavy atom. The van der Waals surface area contributed by atoms with Crippen molar-refractivity contribution in [2.24, 2.45) is 0 Å². The molecule has 0 bridgehead atoms. The van der Waals surface area contributed by atoms with E-state index in [1.807, 2.05) is 46.0 Å². The number of aromatic nitrogens is 4. The fraction of sp³-hybridized carbons (Fsp3) is 0.308. The summed E-state index contributed by atoms with van der Waals surface area (Å²) >= 11 is 0. The zero-order valence-corrected chi connectivity index (χ0v) is 20.3. The summed E-state index contributed by atoms with van der Waals surface area (Å²) < 4.78 is 18.2. The number of nitrogens with zero attached hydrogens (tertiary/aromatic N) is 6. The lowest BCUT2D eigenvalue weighted by atomic mass is 10.0. The first-order chi connectivity index (χ1) is 17.7. The highest BCUT2D eigenvalue weighted by Gasteiger charge is 2.33. The molecule has 0 radical (unpaired) electrons. The van der Waals surface area contributed by atoms with Gasteiger partial charge in [0.1, 0.15) is 0 Å². The molecule has 2 aromatic carbocycles. The van der Waals surface area contributed by atoms with Crippen LogP contribution in [0.4, 0.5) is 0 Å². The first-order valence-corrected chi connectivity index (χ1v) is 11.8. The van der Waals surface area contributed by atoms with E-state index in [1.54, 1.807) is 26.4 Å². The quantitative estimate of drug-likeness (QED) is 0.373. The minimum atomic E-state index is -0.246. The summed E-state index contributed by atoms with van der Waals surface area (Å²) in [6.07, 6.45) is 1.52. The van der Waals surface area contributed by atoms with E-state index in [9.17, 15) is 4.79 Å². The third kappa shape index (κ3) is 4.80. The number of carbonyl (C=O) groups excluding carboxylic acids is 1. The monoisotopic (exact) mass is 488 g/mol. The molecule has 1 amide bonds. The Morgan fingerprint density at radius 3 is 2.44 bits per heavy atom. The average Bonchev–Trinajstić information content (AvgIpc) is 3.62. The van der Waals surface area contributed by atoms with Crippen LogP contribution in [-0.4, -0.2) is 76.3 Å². The van der Waals surface area contributed by atoms with Crippen LogP contribution in [0.2, 0.25) is 0 Å². The van der Waals surface area contributed by atoms with Gasteiger partial charge < -0.3 is 18.8 Å². The molecule has 5 rings (SSSR count). The zero-order chi connectivity index (χ0) is 24.9. The van der Waals surface area contributed by atoms with Gasteiger partial charge >= 0.3 is 0 Å². The van der Waals surface area contributed by atoms with Crippen LogP contribution < -0.4 is 9.47 Å². The van der Waals surface area contributed by atoms with Gasteiger partial charge in [-0.15, -0.1) is 5.10 Å². The molecule has 0 spiro atoms. The molecule has 36 heavy (non-hydrogen) atoms. The molecule has 1 atom stereocenters. The standard InChI is InChI=1S/C26H28N6O4/c1-34-21-11-10-20(17-23(21)35-2)24(25-27-28-29-32(25)18-19-7-4-3-5-8-19)30-12-14-31(15-13-30)26(33)22-9-6-16-36-22/h3-11,16-17,24H,12-15,18H2,1-2H3/t24-/m0/s1. The van der Waals surface area contributed by atoms with Gasteiger partial charge in [0.05, 0.1) is 33.1 Å². The van der Waals surface area contributed by atoms with Crippen molar-refractivity contribution in [2.45, 2.75) is 12.6 Å². The van der Waals surface area contributed by atoms with Crippen LogP contribution in [0.25, 0.3) is 0 Å². The largest absolute Gasteiger partial charge is 0.493 e. The van der Waals surface area contributed by atoms with Gasteiger partial charge in [0, 0.05) is 26.2 Å². The number of ether oxygens (including phenoxy) is 2. The highest BCUT2D eigenvalue weighted by Crippen LogP contribution is 2.35. The molecule has 0 saturated carbocycles. The molecule has 1 fully saturated rings. The fourth-order valence-corrected chi connectivity index (χ4v) is 4.56. The van der Waals surface area contributed by atoms with E-state index in [0.29, 0.717) is 50.0 Å². The third-order valence-electron chi connectivity index (χ3n) is 6.40. The SMILES string of the molecule is COc1ccc([C@@H](c2nnnn2Cc2ccccc2)N2CCN(C(=O)c3ccco3)CC2)cc1OC. The van der Waals surface area contributed by atoms with Crippen LogP contribution in [0.5, 0.6) is 11.5 Å². The van der Waals surface area contributed by atoms with Gasteiger partial charge in [-0.2, -0.15) is 0 Å². The lowest BCUT2D eigenvalue weighted by Gasteiger charge is -2.38. The van der Waals surface area contributed by atoms with Crippen LogP contribution in [0.15, 0.2) is 71.3 Å². The number of benzene rings is 2. The van der Waals surface area contributed by atoms with E-state index >= 15 is 0 Å². The van der Waals surface area contributed by atoms with Gasteiger partial charge in [0.25, 0.3) is 5.91 Å². The lowest BCUT2D eigenvalue weighted by Crippen LogP contribution is -2.50. The zero-order valence-electron chi connectivity index (χ0n) is 20.3. The number of tetrazole rings is 1. The lowest BCUT2D eigenvalue weighted by molar-refractivity contribution is 0.0559. The summed E-state index contributed by atoms with van der Waals surface area (Å²) in [5.41, 5.74) is 2.08. The van der Waals surface area contributed by atoms with Crippen LogP contribution in [0.3, 0.4) is 0 Å². The van der Waals surface area contributed by atoms with Crippen LogP contribution in [0.1, 0.15) is 33.5 Å². The second kappa shape index (κ2) is 10.6. The van der Waals surface area contributed by atoms with Crippen molar-refractivity contribution in [3.8, 4) is 11.5 Å². The van der Waals surface area contributed by atoms with E-state index in [-0.39, 0.29) is 11.9 Å². The number of methoxy groups -OCH3 is 2. The van der Waals surface area contributed by atoms with Gasteiger partial charge in [0.15, 0.2) is 23.1 Å². The van der Waals surface area contributed by atoms with E-state index in [2.05, 4.69) is 32.6 Å². The molecule has 1 aliphatic heterocycles. The normalized spacial score (nSPS) is 15.0. The van der Waals surface area contributed by atoms with Crippen LogP contribution >= 0.6 is 0 Å². The molecule has 3 heterocycles. The fourth-order valence-electron chi connectivity index (χ4n) is 4.56. The molecule has 1 saturated heterocycles. The number of carbonyl (C=O) groups is 1. The predicted octanol–water partition coefficient (Wildman–Crippen LogP) is 2.88. The van der Waals surface area contributed by atoms with Crippen LogP contribution in [0, 0.1) is 0 Å². The number of hydrogen-bond acceptors (Lipinski definition) is 8. The van der Waals surface area contributed by atoms with Crippen LogP contribution in [-0.2, 0) is 6.54 Å². The van der Waals surface area contributed by atoms with Crippen molar-refractivity contribution in [2.75, 3.05) is 40.4 Å². The third-order valence-corrected chi connectivity index (χ3v) is 6.40. The topological polar surface area (TPSA) is 98.8 Å². The number of rotatable bonds is 8. The molecule has 0 N–H and O–H groups in total. The summed E-state index contributed by atoms with van der Waals surface area (Å²) in [5, 5.41) is 12.8. The molecule has 0 unspecified atom stereocenters. The Kier molecular flexibility index (Phi) is 6.94. The van der Waals surface area contributed by atoms with Gasteiger partial charge in [-0.25, -0.2) is 4.68 Å². The molecule has 186 valence electrons. The second-order valence-corrected chi connectivity index (χ2v) is 8.50. The second-order valence-electron chi connectivity index (χ2n) is 8.50. The highest BCUT2D eigenvalue weighted by atomic mass is 16.5. The smallest absolute Gasteiger partial charge is 0.289 e. The molecule has 10 nitrogen and oxygen atoms in total. The Bertz CT molecular complexity index is 1280. The Hall–Kier alpha value is -4.18. The van der Waals surface area contributed by atoms with Crippen molar-refractivity contribution >= 4 is 5.91 Å². The summed E-state index contributed by atoms with van der Waals surface area (Å²) in [5.74, 6) is 2.26. The highest BCUT2D eigenvalue weighted by molar-refractivity contribution is 5.91. The van der Waals surface area contributed by atoms with Crippen molar-refractivity contribution in [3.05, 3.63) is 89.6 Å². The number of amides is 1. The molecular weight excluding hydrogens is 460 g/mol. The minimum absolute atomic E-state index is 0.101. The molecule has 1 aliphatic rings.